The van der Waals surface area contributed by atoms with E-state index < -0.39 is 10.7 Å². The molecule has 0 amide bonds. The molecule has 0 radical (unpaired) electrons. The summed E-state index contributed by atoms with van der Waals surface area (Å²) in [5.74, 6) is 0.563. The van der Waals surface area contributed by atoms with Crippen molar-refractivity contribution in [3.8, 4) is 17.2 Å². The molecule has 3 rings (SSSR count). The summed E-state index contributed by atoms with van der Waals surface area (Å²) in [5.41, 5.74) is 0.911. The van der Waals surface area contributed by atoms with Gasteiger partial charge in [0.2, 0.25) is 0 Å². The molecule has 1 aliphatic rings. The number of rotatable bonds is 7. The van der Waals surface area contributed by atoms with Gasteiger partial charge in [0.15, 0.2) is 11.6 Å². The maximum absolute atomic E-state index is 14.0. The van der Waals surface area contributed by atoms with Crippen molar-refractivity contribution >= 4 is 17.1 Å². The summed E-state index contributed by atoms with van der Waals surface area (Å²) in [5, 5.41) is 14.9. The minimum Gasteiger partial charge on any atom is -0.497 e. The number of halogens is 1. The first-order valence-electron chi connectivity index (χ1n) is 9.21. The molecule has 156 valence electrons. The summed E-state index contributed by atoms with van der Waals surface area (Å²) in [4.78, 5) is 12.8. The van der Waals surface area contributed by atoms with Crippen molar-refractivity contribution in [2.24, 2.45) is 0 Å². The van der Waals surface area contributed by atoms with Gasteiger partial charge in [0.25, 0.3) is 5.69 Å². The number of nitrogens with one attached hydrogen (secondary N) is 1. The Kier molecular flexibility index (Phi) is 6.26. The third kappa shape index (κ3) is 4.61. The number of anilines is 2. The van der Waals surface area contributed by atoms with Gasteiger partial charge in [0, 0.05) is 49.1 Å². The highest BCUT2D eigenvalue weighted by Gasteiger charge is 2.28. The Hall–Kier alpha value is -3.23. The van der Waals surface area contributed by atoms with Crippen LogP contribution in [0.4, 0.5) is 21.5 Å². The zero-order chi connectivity index (χ0) is 21.0. The molecule has 8 nitrogen and oxygen atoms in total. The Morgan fingerprint density at radius 3 is 2.38 bits per heavy atom. The molecule has 0 aliphatic carbocycles. The summed E-state index contributed by atoms with van der Waals surface area (Å²) >= 11 is 0. The third-order valence-corrected chi connectivity index (χ3v) is 4.93. The van der Waals surface area contributed by atoms with E-state index in [-0.39, 0.29) is 17.5 Å². The van der Waals surface area contributed by atoms with Gasteiger partial charge in [-0.05, 0) is 12.8 Å². The maximum atomic E-state index is 14.0. The summed E-state index contributed by atoms with van der Waals surface area (Å²) in [7, 11) is 4.51. The quantitative estimate of drug-likeness (QED) is 0.553. The minimum absolute atomic E-state index is 0.0155. The monoisotopic (exact) mass is 405 g/mol. The second kappa shape index (κ2) is 8.85. The molecule has 0 aromatic heterocycles. The Morgan fingerprint density at radius 1 is 1.10 bits per heavy atom. The van der Waals surface area contributed by atoms with E-state index in [1.54, 1.807) is 20.3 Å². The molecule has 2 aromatic carbocycles. The molecule has 29 heavy (non-hydrogen) atoms. The highest BCUT2D eigenvalue weighted by atomic mass is 19.1. The van der Waals surface area contributed by atoms with Crippen LogP contribution in [-0.4, -0.2) is 45.4 Å². The Labute approximate surface area is 168 Å². The molecule has 1 aliphatic heterocycles. The fourth-order valence-corrected chi connectivity index (χ4v) is 3.53. The normalized spacial score (nSPS) is 16.3. The molecule has 0 saturated carbocycles. The zero-order valence-corrected chi connectivity index (χ0v) is 16.6. The van der Waals surface area contributed by atoms with Crippen LogP contribution < -0.4 is 24.4 Å². The number of hydrogen-bond donors (Lipinski definition) is 1. The van der Waals surface area contributed by atoms with Crippen molar-refractivity contribution in [2.75, 3.05) is 44.6 Å². The molecule has 1 saturated heterocycles. The highest BCUT2D eigenvalue weighted by molar-refractivity contribution is 5.67. The van der Waals surface area contributed by atoms with Crippen molar-refractivity contribution < 1.29 is 23.5 Å². The summed E-state index contributed by atoms with van der Waals surface area (Å²) in [6.07, 6.45) is 1.72. The lowest BCUT2D eigenvalue weighted by atomic mass is 10.0. The van der Waals surface area contributed by atoms with Gasteiger partial charge < -0.3 is 24.4 Å². The van der Waals surface area contributed by atoms with Crippen LogP contribution in [0.1, 0.15) is 12.8 Å². The molecular formula is C20H24FN3O5. The number of methoxy groups -OCH3 is 3. The number of nitro groups is 1. The van der Waals surface area contributed by atoms with E-state index in [0.717, 1.165) is 24.6 Å². The lowest BCUT2D eigenvalue weighted by Crippen LogP contribution is -2.42. The van der Waals surface area contributed by atoms with Crippen LogP contribution in [0.15, 0.2) is 30.3 Å². The van der Waals surface area contributed by atoms with Gasteiger partial charge in [0.1, 0.15) is 17.2 Å². The van der Waals surface area contributed by atoms with Crippen molar-refractivity contribution in [3.05, 3.63) is 46.3 Å². The topological polar surface area (TPSA) is 86.1 Å². The molecule has 1 fully saturated rings. The van der Waals surface area contributed by atoms with E-state index in [2.05, 4.69) is 5.32 Å². The van der Waals surface area contributed by atoms with Crippen LogP contribution in [0.5, 0.6) is 17.2 Å². The van der Waals surface area contributed by atoms with E-state index >= 15 is 0 Å². The smallest absolute Gasteiger partial charge is 0.295 e. The molecule has 1 atom stereocenters. The number of nitrogens with zero attached hydrogens (tertiary/aromatic N) is 2. The van der Waals surface area contributed by atoms with Crippen molar-refractivity contribution in [1.82, 2.24) is 0 Å². The first-order valence-corrected chi connectivity index (χ1v) is 9.21. The van der Waals surface area contributed by atoms with E-state index in [9.17, 15) is 14.5 Å². The fourth-order valence-electron chi connectivity index (χ4n) is 3.53. The SMILES string of the molecule is COc1cc(NC2CCCN(c3cc(OC)c(F)cc3[N+](=O)[O-])C2)cc(OC)c1. The molecule has 0 bridgehead atoms. The van der Waals surface area contributed by atoms with E-state index in [1.165, 1.54) is 13.2 Å². The van der Waals surface area contributed by atoms with Crippen LogP contribution in [0.3, 0.4) is 0 Å². The fraction of sp³-hybridized carbons (Fsp3) is 0.400. The van der Waals surface area contributed by atoms with Gasteiger partial charge in [-0.25, -0.2) is 4.39 Å². The zero-order valence-electron chi connectivity index (χ0n) is 16.6. The first-order chi connectivity index (χ1) is 13.9. The second-order valence-corrected chi connectivity index (χ2v) is 6.76. The second-order valence-electron chi connectivity index (χ2n) is 6.76. The summed E-state index contributed by atoms with van der Waals surface area (Å²) in [6.45, 7) is 1.16. The third-order valence-electron chi connectivity index (χ3n) is 4.93. The molecule has 1 unspecified atom stereocenters. The Morgan fingerprint density at radius 2 is 1.79 bits per heavy atom. The van der Waals surface area contributed by atoms with Gasteiger partial charge in [-0.15, -0.1) is 0 Å². The van der Waals surface area contributed by atoms with E-state index in [0.29, 0.717) is 30.3 Å². The Bertz CT molecular complexity index is 870. The van der Waals surface area contributed by atoms with Crippen molar-refractivity contribution in [2.45, 2.75) is 18.9 Å². The van der Waals surface area contributed by atoms with Crippen molar-refractivity contribution in [3.63, 3.8) is 0 Å². The largest absolute Gasteiger partial charge is 0.497 e. The number of nitro benzene ring substituents is 1. The molecular weight excluding hydrogens is 381 g/mol. The number of hydrogen-bond acceptors (Lipinski definition) is 7. The average Bonchev–Trinajstić information content (AvgIpc) is 2.73. The number of piperidine rings is 1. The number of ether oxygens (including phenoxy) is 3. The van der Waals surface area contributed by atoms with Crippen LogP contribution in [0.2, 0.25) is 0 Å². The molecule has 1 N–H and O–H groups in total. The number of benzene rings is 2. The first kappa shape index (κ1) is 20.5. The maximum Gasteiger partial charge on any atom is 0.295 e. The summed E-state index contributed by atoms with van der Waals surface area (Å²) in [6, 6.07) is 7.86. The van der Waals surface area contributed by atoms with Gasteiger partial charge >= 0.3 is 0 Å². The van der Waals surface area contributed by atoms with E-state index in [1.807, 2.05) is 17.0 Å². The molecule has 9 heteroatoms. The predicted molar refractivity (Wildman–Crippen MR) is 108 cm³/mol. The van der Waals surface area contributed by atoms with Crippen LogP contribution in [0.25, 0.3) is 0 Å². The Balaban J connectivity index is 1.84. The lowest BCUT2D eigenvalue weighted by molar-refractivity contribution is -0.384. The molecule has 0 spiro atoms. The van der Waals surface area contributed by atoms with Crippen molar-refractivity contribution in [1.29, 1.82) is 0 Å². The predicted octanol–water partition coefficient (Wildman–Crippen LogP) is 3.84. The van der Waals surface area contributed by atoms with Gasteiger partial charge in [-0.1, -0.05) is 0 Å². The highest BCUT2D eigenvalue weighted by Crippen LogP contribution is 2.36. The van der Waals surface area contributed by atoms with Gasteiger partial charge in [-0.2, -0.15) is 0 Å². The lowest BCUT2D eigenvalue weighted by Gasteiger charge is -2.35. The molecule has 1 heterocycles. The van der Waals surface area contributed by atoms with Gasteiger partial charge in [0.05, 0.1) is 32.3 Å². The van der Waals surface area contributed by atoms with Crippen LogP contribution in [0, 0.1) is 15.9 Å². The van der Waals surface area contributed by atoms with Gasteiger partial charge in [-0.3, -0.25) is 10.1 Å². The standard InChI is InChI=1S/C20H24FN3O5/c1-27-15-7-14(8-16(9-15)28-2)22-13-5-4-6-23(12-13)18-11-20(29-3)17(21)10-19(18)24(25)26/h7-11,13,22H,4-6,12H2,1-3H3. The van der Waals surface area contributed by atoms with Crippen LogP contribution in [-0.2, 0) is 0 Å². The molecule has 2 aromatic rings. The minimum atomic E-state index is -0.752. The average molecular weight is 405 g/mol. The van der Waals surface area contributed by atoms with Crippen LogP contribution >= 0.6 is 0 Å². The summed E-state index contributed by atoms with van der Waals surface area (Å²) < 4.78 is 29.6. The van der Waals surface area contributed by atoms with E-state index in [4.69, 9.17) is 14.2 Å².